The van der Waals surface area contributed by atoms with Crippen molar-refractivity contribution in [3.8, 4) is 0 Å². The van der Waals surface area contributed by atoms with Crippen LogP contribution in [-0.4, -0.2) is 44.1 Å². The van der Waals surface area contributed by atoms with Gasteiger partial charge in [0.2, 0.25) is 0 Å². The summed E-state index contributed by atoms with van der Waals surface area (Å²) in [7, 11) is 7.37. The number of aliphatic imine (C=N–C) groups is 4. The van der Waals surface area contributed by atoms with E-state index >= 15 is 17.6 Å². The van der Waals surface area contributed by atoms with Crippen LogP contribution in [0.25, 0.3) is 21.5 Å². The number of aromatic nitrogens is 2. The molecule has 10 rings (SSSR count). The molecule has 0 spiro atoms. The lowest BCUT2D eigenvalue weighted by molar-refractivity contribution is 0.511. The van der Waals surface area contributed by atoms with Crippen molar-refractivity contribution in [1.82, 2.24) is 7.10 Å². The smallest absolute Gasteiger partial charge is 0.370 e. The molecule has 0 N–H and O–H groups in total. The normalized spacial score (nSPS) is 15.3. The molecule has 0 saturated heterocycles. The monoisotopic (exact) mass is 718 g/mol. The van der Waals surface area contributed by atoms with E-state index in [2.05, 4.69) is 30.0 Å². The molecule has 2 aromatic heterocycles. The largest absolute Gasteiger partial charge is 0.722 e. The molecule has 6 aromatic rings. The highest BCUT2D eigenvalue weighted by molar-refractivity contribution is 7.05. The molecule has 0 amide bonds. The van der Waals surface area contributed by atoms with Gasteiger partial charge in [-0.2, -0.15) is 10.0 Å². The van der Waals surface area contributed by atoms with Crippen LogP contribution in [0, 0.1) is 46.5 Å². The van der Waals surface area contributed by atoms with Crippen LogP contribution in [0.3, 0.4) is 0 Å². The van der Waals surface area contributed by atoms with Crippen LogP contribution in [0.1, 0.15) is 22.3 Å². The van der Waals surface area contributed by atoms with Gasteiger partial charge in [0.05, 0.1) is 22.3 Å². The number of benzene rings is 4. The molecule has 0 fully saturated rings. The average molecular weight is 719 g/mol. The van der Waals surface area contributed by atoms with Crippen molar-refractivity contribution in [2.24, 2.45) is 30.0 Å². The van der Waals surface area contributed by atoms with Crippen molar-refractivity contribution in [3.63, 3.8) is 0 Å². The lowest BCUT2D eigenvalue weighted by atomic mass is 10.1. The predicted molar refractivity (Wildman–Crippen MR) is 167 cm³/mol. The lowest BCUT2D eigenvalue weighted by Gasteiger charge is -2.15. The SMILES string of the molecule is Fc1cc2c3[n]4c(c2cc1F)N=C1N=C(N=c2c5cc(F)c(F)cc5c([n]2[Al]4[Cl])=NC2=NC(=N3)c3c(F)ccc(F)c32)c2c(F)ccc(F)c21. The van der Waals surface area contributed by atoms with Crippen molar-refractivity contribution in [2.45, 2.75) is 0 Å². The molecule has 4 aromatic carbocycles. The molecule has 18 heteroatoms. The number of nitrogens with zero attached hydrogens (tertiary/aromatic N) is 8. The maximum Gasteiger partial charge on any atom is 0.722 e. The molecular formula is C32H8AlClF8N8. The minimum absolute atomic E-state index is 0.136. The van der Waals surface area contributed by atoms with E-state index in [0.717, 1.165) is 48.5 Å². The van der Waals surface area contributed by atoms with Crippen LogP contribution < -0.4 is 11.0 Å². The minimum atomic E-state index is -3.69. The molecule has 4 aliphatic heterocycles. The summed E-state index contributed by atoms with van der Waals surface area (Å²) in [5.74, 6) is -11.4. The van der Waals surface area contributed by atoms with Gasteiger partial charge in [0.1, 0.15) is 45.9 Å². The first-order valence-electron chi connectivity index (χ1n) is 14.5. The van der Waals surface area contributed by atoms with E-state index in [1.54, 1.807) is 0 Å². The molecule has 0 aliphatic carbocycles. The number of amidine groups is 4. The third-order valence-corrected chi connectivity index (χ3v) is 11.8. The molecule has 50 heavy (non-hydrogen) atoms. The van der Waals surface area contributed by atoms with Gasteiger partial charge in [0.15, 0.2) is 46.6 Å². The summed E-state index contributed by atoms with van der Waals surface area (Å²) in [6, 6.07) is 6.45. The molecule has 0 radical (unpaired) electrons. The first kappa shape index (κ1) is 29.4. The van der Waals surface area contributed by atoms with Crippen molar-refractivity contribution in [2.75, 3.05) is 0 Å². The third kappa shape index (κ3) is 3.71. The van der Waals surface area contributed by atoms with Gasteiger partial charge in [0.25, 0.3) is 0 Å². The summed E-state index contributed by atoms with van der Waals surface area (Å²) in [5.41, 5.74) is -2.26. The van der Waals surface area contributed by atoms with E-state index < -0.39 is 106 Å². The van der Waals surface area contributed by atoms with Gasteiger partial charge in [0, 0.05) is 21.5 Å². The van der Waals surface area contributed by atoms with E-state index in [-0.39, 0.29) is 44.2 Å². The standard InChI is InChI=1S/C32H8F8N8.Al.ClH/c33-13-1-2-14(34)22-21(13)29-43-25-9-5-17(37)18(38)6-10(9)27(41-25)45-31-23-15(35)3-4-16(36)24(23)32(48-31)46-28-12-8-20(40)19(39)7-11(12)26(42-28)44-30(22)47-29;;/h1-8H;;1H/q-2;+3;/p-1. The Hall–Kier alpha value is -5.50. The molecule has 242 valence electrons. The van der Waals surface area contributed by atoms with Crippen molar-refractivity contribution >= 4 is 80.2 Å². The number of hydrogen-bond donors (Lipinski definition) is 0. The van der Waals surface area contributed by atoms with Gasteiger partial charge in [-0.05, 0) is 48.5 Å². The number of halogens is 9. The second kappa shape index (κ2) is 9.81. The Morgan fingerprint density at radius 3 is 1.08 bits per heavy atom. The Balaban J connectivity index is 1.52. The average Bonchev–Trinajstić information content (AvgIpc) is 3.78. The van der Waals surface area contributed by atoms with Gasteiger partial charge in [-0.1, -0.05) is 0 Å². The second-order valence-corrected chi connectivity index (χ2v) is 14.3. The van der Waals surface area contributed by atoms with Crippen LogP contribution in [-0.2, 0) is 0 Å². The fourth-order valence-corrected chi connectivity index (χ4v) is 9.59. The molecule has 6 bridgehead atoms. The van der Waals surface area contributed by atoms with Crippen LogP contribution in [0.5, 0.6) is 0 Å². The zero-order valence-corrected chi connectivity index (χ0v) is 26.1. The first-order chi connectivity index (χ1) is 24.0. The first-order valence-corrected chi connectivity index (χ1v) is 17.2. The molecule has 4 aliphatic rings. The van der Waals surface area contributed by atoms with Gasteiger partial charge in [-0.25, -0.2) is 65.1 Å². The van der Waals surface area contributed by atoms with Crippen LogP contribution in [0.15, 0.2) is 78.5 Å². The van der Waals surface area contributed by atoms with Crippen LogP contribution >= 0.6 is 10.0 Å². The summed E-state index contributed by atoms with van der Waals surface area (Å²) in [5, 5.41) is -0.542. The maximum atomic E-state index is 15.5. The van der Waals surface area contributed by atoms with Gasteiger partial charge >= 0.3 is 13.7 Å². The van der Waals surface area contributed by atoms with Gasteiger partial charge in [-0.15, -0.1) is 0 Å². The fourth-order valence-electron chi connectivity index (χ4n) is 6.66. The molecule has 0 atom stereocenters. The Morgan fingerprint density at radius 1 is 0.400 bits per heavy atom. The van der Waals surface area contributed by atoms with E-state index in [1.807, 2.05) is 0 Å². The Kier molecular flexibility index (Phi) is 5.77. The van der Waals surface area contributed by atoms with Gasteiger partial charge in [-0.3, -0.25) is 0 Å². The van der Waals surface area contributed by atoms with Crippen molar-refractivity contribution in [1.29, 1.82) is 0 Å². The fraction of sp³-hybridized carbons (Fsp3) is 0. The number of hydrogen-bond acceptors (Lipinski definition) is 6. The lowest BCUT2D eigenvalue weighted by Crippen LogP contribution is -2.43. The molecule has 0 saturated carbocycles. The second-order valence-electron chi connectivity index (χ2n) is 11.5. The Labute approximate surface area is 280 Å². The highest BCUT2D eigenvalue weighted by Crippen LogP contribution is 2.43. The summed E-state index contributed by atoms with van der Waals surface area (Å²) >= 11 is -3.69. The third-order valence-electron chi connectivity index (χ3n) is 8.80. The Bertz CT molecular complexity index is 2760. The number of rotatable bonds is 0. The summed E-state index contributed by atoms with van der Waals surface area (Å²) in [6.45, 7) is 0. The predicted octanol–water partition coefficient (Wildman–Crippen LogP) is 6.27. The topological polar surface area (TPSA) is 84.0 Å². The highest BCUT2D eigenvalue weighted by atomic mass is 35.6. The minimum Gasteiger partial charge on any atom is -0.370 e. The summed E-state index contributed by atoms with van der Waals surface area (Å²) in [6.07, 6.45) is 0. The number of fused-ring (bicyclic) bond motifs is 14. The quantitative estimate of drug-likeness (QED) is 0.131. The van der Waals surface area contributed by atoms with Crippen LogP contribution in [0.2, 0.25) is 0 Å². The summed E-state index contributed by atoms with van der Waals surface area (Å²) < 4.78 is 124. The molecule has 0 unspecified atom stereocenters. The zero-order valence-electron chi connectivity index (χ0n) is 24.2. The van der Waals surface area contributed by atoms with E-state index in [0.29, 0.717) is 0 Å². The maximum absolute atomic E-state index is 15.5. The highest BCUT2D eigenvalue weighted by Gasteiger charge is 2.40. The van der Waals surface area contributed by atoms with Crippen molar-refractivity contribution in [3.05, 3.63) is 128 Å². The zero-order chi connectivity index (χ0) is 34.5. The molecular weight excluding hydrogens is 711 g/mol. The Morgan fingerprint density at radius 2 is 0.720 bits per heavy atom. The molecule has 8 nitrogen and oxygen atoms in total. The van der Waals surface area contributed by atoms with Gasteiger partial charge < -0.3 is 7.10 Å². The summed E-state index contributed by atoms with van der Waals surface area (Å²) in [4.78, 5) is 26.6. The van der Waals surface area contributed by atoms with E-state index in [9.17, 15) is 17.6 Å². The molecule has 6 heterocycles. The van der Waals surface area contributed by atoms with E-state index in [4.69, 9.17) is 10.0 Å². The van der Waals surface area contributed by atoms with E-state index in [1.165, 1.54) is 7.10 Å². The van der Waals surface area contributed by atoms with Crippen LogP contribution in [0.4, 0.5) is 46.8 Å². The van der Waals surface area contributed by atoms with Crippen molar-refractivity contribution < 1.29 is 35.1 Å².